The molecule has 0 saturated carbocycles. The van der Waals surface area contributed by atoms with Gasteiger partial charge in [0.15, 0.2) is 0 Å². The van der Waals surface area contributed by atoms with Gasteiger partial charge in [0.25, 0.3) is 5.91 Å². The molecule has 1 atom stereocenters. The highest BCUT2D eigenvalue weighted by atomic mass is 16.5. The normalized spacial score (nSPS) is 13.8. The number of nitrogens with one attached hydrogen (secondary N) is 1. The molecule has 8 nitrogen and oxygen atoms in total. The molecule has 2 aromatic carbocycles. The van der Waals surface area contributed by atoms with Gasteiger partial charge in [-0.15, -0.1) is 0 Å². The van der Waals surface area contributed by atoms with Crippen molar-refractivity contribution in [1.82, 2.24) is 20.1 Å². The maximum atomic E-state index is 13.1. The van der Waals surface area contributed by atoms with E-state index in [0.29, 0.717) is 24.3 Å². The number of nitrogen functional groups attached to an aromatic ring is 1. The summed E-state index contributed by atoms with van der Waals surface area (Å²) in [6.45, 7) is 0.964. The van der Waals surface area contributed by atoms with E-state index in [1.165, 1.54) is 0 Å². The van der Waals surface area contributed by atoms with Gasteiger partial charge in [0, 0.05) is 49.2 Å². The summed E-state index contributed by atoms with van der Waals surface area (Å²) >= 11 is 0. The number of nitrogens with zero attached hydrogens (tertiary/aromatic N) is 4. The minimum Gasteiger partial charge on any atom is -0.398 e. The van der Waals surface area contributed by atoms with Crippen LogP contribution < -0.4 is 5.73 Å². The molecule has 8 heteroatoms. The molecule has 0 saturated heterocycles. The van der Waals surface area contributed by atoms with Gasteiger partial charge in [-0.3, -0.25) is 14.9 Å². The van der Waals surface area contributed by atoms with Crippen LogP contribution in [-0.4, -0.2) is 46.2 Å². The van der Waals surface area contributed by atoms with Crippen LogP contribution in [0.2, 0.25) is 0 Å². The number of nitrogens with two attached hydrogens (primary N) is 1. The minimum absolute atomic E-state index is 0.152. The molecule has 1 unspecified atom stereocenters. The molecular weight excluding hydrogens is 416 g/mol. The largest absolute Gasteiger partial charge is 0.398 e. The average molecular weight is 438 g/mol. The first-order valence-corrected chi connectivity index (χ1v) is 10.6. The van der Waals surface area contributed by atoms with E-state index in [1.807, 2.05) is 30.3 Å². The summed E-state index contributed by atoms with van der Waals surface area (Å²) in [7, 11) is 1.55. The number of nitriles is 1. The molecule has 164 valence electrons. The van der Waals surface area contributed by atoms with Gasteiger partial charge in [-0.05, 0) is 47.0 Å². The fraction of sp³-hybridized carbons (Fsp3) is 0.200. The van der Waals surface area contributed by atoms with Crippen LogP contribution in [0.15, 0.2) is 54.9 Å². The summed E-state index contributed by atoms with van der Waals surface area (Å²) in [5.41, 5.74) is 12.6. The van der Waals surface area contributed by atoms with Gasteiger partial charge in [0.05, 0.1) is 29.7 Å². The summed E-state index contributed by atoms with van der Waals surface area (Å²) < 4.78 is 5.12. The highest BCUT2D eigenvalue weighted by Gasteiger charge is 2.33. The molecule has 1 aliphatic heterocycles. The Morgan fingerprint density at radius 3 is 2.91 bits per heavy atom. The third kappa shape index (κ3) is 3.58. The predicted octanol–water partition coefficient (Wildman–Crippen LogP) is 3.62. The van der Waals surface area contributed by atoms with E-state index < -0.39 is 5.92 Å². The van der Waals surface area contributed by atoms with Crippen molar-refractivity contribution in [1.29, 1.82) is 5.26 Å². The highest BCUT2D eigenvalue weighted by Crippen LogP contribution is 2.38. The number of aromatic nitrogens is 3. The monoisotopic (exact) mass is 438 g/mol. The standard InChI is InChI=1S/C25H22N6O2/c1-33-14-15(10-26)12-31-13-20-18(5-6-21(27)23(20)25(31)32)16-4-7-22-19(9-16)24(30-29-22)17-3-2-8-28-11-17/h2-9,11,15H,12-14,27H2,1H3,(H,29,30). The lowest BCUT2D eigenvalue weighted by Crippen LogP contribution is -2.31. The number of methoxy groups -OCH3 is 1. The van der Waals surface area contributed by atoms with Crippen LogP contribution in [-0.2, 0) is 11.3 Å². The summed E-state index contributed by atoms with van der Waals surface area (Å²) in [6.07, 6.45) is 3.51. The molecule has 5 rings (SSSR count). The molecule has 1 amide bonds. The zero-order chi connectivity index (χ0) is 22.9. The average Bonchev–Trinajstić information content (AvgIpc) is 3.41. The number of H-pyrrole nitrogens is 1. The van der Waals surface area contributed by atoms with Gasteiger partial charge < -0.3 is 15.4 Å². The lowest BCUT2D eigenvalue weighted by molar-refractivity contribution is 0.0732. The Bertz CT molecular complexity index is 1390. The van der Waals surface area contributed by atoms with Crippen LogP contribution >= 0.6 is 0 Å². The van der Waals surface area contributed by atoms with Crippen molar-refractivity contribution in [2.24, 2.45) is 5.92 Å². The first-order chi connectivity index (χ1) is 16.1. The van der Waals surface area contributed by atoms with Crippen molar-refractivity contribution in [3.63, 3.8) is 0 Å². The Labute approximate surface area is 190 Å². The second kappa shape index (κ2) is 8.37. The van der Waals surface area contributed by atoms with Gasteiger partial charge in [-0.1, -0.05) is 12.1 Å². The number of pyridine rings is 1. The Hall–Kier alpha value is -4.22. The number of hydrogen-bond donors (Lipinski definition) is 2. The Morgan fingerprint density at radius 1 is 1.27 bits per heavy atom. The van der Waals surface area contributed by atoms with E-state index >= 15 is 0 Å². The maximum Gasteiger partial charge on any atom is 0.256 e. The van der Waals surface area contributed by atoms with Crippen molar-refractivity contribution in [2.75, 3.05) is 26.0 Å². The fourth-order valence-electron chi connectivity index (χ4n) is 4.42. The molecule has 2 aromatic heterocycles. The molecule has 33 heavy (non-hydrogen) atoms. The Kier molecular flexibility index (Phi) is 5.24. The van der Waals surface area contributed by atoms with Gasteiger partial charge in [0.2, 0.25) is 0 Å². The number of fused-ring (bicyclic) bond motifs is 2. The van der Waals surface area contributed by atoms with Crippen molar-refractivity contribution in [3.05, 3.63) is 66.0 Å². The number of benzene rings is 2. The minimum atomic E-state index is -0.401. The van der Waals surface area contributed by atoms with Crippen LogP contribution in [0.4, 0.5) is 5.69 Å². The van der Waals surface area contributed by atoms with Gasteiger partial charge >= 0.3 is 0 Å². The molecule has 3 N–H and O–H groups in total. The first-order valence-electron chi connectivity index (χ1n) is 10.6. The molecule has 0 radical (unpaired) electrons. The Balaban J connectivity index is 1.56. The van der Waals surface area contributed by atoms with E-state index in [0.717, 1.165) is 38.9 Å². The third-order valence-electron chi connectivity index (χ3n) is 6.00. The van der Waals surface area contributed by atoms with E-state index in [1.54, 1.807) is 30.5 Å². The van der Waals surface area contributed by atoms with Crippen molar-refractivity contribution < 1.29 is 9.53 Å². The second-order valence-corrected chi connectivity index (χ2v) is 8.10. The van der Waals surface area contributed by atoms with Crippen LogP contribution in [0, 0.1) is 17.2 Å². The lowest BCUT2D eigenvalue weighted by Gasteiger charge is -2.18. The summed E-state index contributed by atoms with van der Waals surface area (Å²) in [4.78, 5) is 19.0. The molecule has 0 fully saturated rings. The molecule has 0 bridgehead atoms. The molecule has 0 aliphatic carbocycles. The van der Waals surface area contributed by atoms with Crippen LogP contribution in [0.3, 0.4) is 0 Å². The fourth-order valence-corrected chi connectivity index (χ4v) is 4.42. The van der Waals surface area contributed by atoms with Crippen LogP contribution in [0.1, 0.15) is 15.9 Å². The van der Waals surface area contributed by atoms with E-state index in [9.17, 15) is 10.1 Å². The summed E-state index contributed by atoms with van der Waals surface area (Å²) in [5.74, 6) is -0.552. The zero-order valence-corrected chi connectivity index (χ0v) is 18.1. The first kappa shape index (κ1) is 20.7. The highest BCUT2D eigenvalue weighted by molar-refractivity contribution is 6.05. The van der Waals surface area contributed by atoms with Crippen LogP contribution in [0.25, 0.3) is 33.3 Å². The summed E-state index contributed by atoms with van der Waals surface area (Å²) in [6, 6.07) is 15.9. The Morgan fingerprint density at radius 2 is 2.15 bits per heavy atom. The van der Waals surface area contributed by atoms with Crippen molar-refractivity contribution in [3.8, 4) is 28.5 Å². The topological polar surface area (TPSA) is 121 Å². The molecule has 3 heterocycles. The number of hydrogen-bond acceptors (Lipinski definition) is 6. The molecule has 0 spiro atoms. The van der Waals surface area contributed by atoms with E-state index in [4.69, 9.17) is 10.5 Å². The van der Waals surface area contributed by atoms with E-state index in [-0.39, 0.29) is 12.5 Å². The van der Waals surface area contributed by atoms with Crippen molar-refractivity contribution in [2.45, 2.75) is 6.54 Å². The molecular formula is C25H22N6O2. The number of ether oxygens (including phenoxy) is 1. The number of anilines is 1. The maximum absolute atomic E-state index is 13.1. The quantitative estimate of drug-likeness (QED) is 0.444. The lowest BCUT2D eigenvalue weighted by atomic mass is 9.94. The second-order valence-electron chi connectivity index (χ2n) is 8.10. The number of amides is 1. The number of aromatic amines is 1. The van der Waals surface area contributed by atoms with Gasteiger partial charge in [-0.25, -0.2) is 0 Å². The number of carbonyl (C=O) groups is 1. The van der Waals surface area contributed by atoms with Gasteiger partial charge in [-0.2, -0.15) is 10.4 Å². The zero-order valence-electron chi connectivity index (χ0n) is 18.1. The van der Waals surface area contributed by atoms with E-state index in [2.05, 4.69) is 27.3 Å². The third-order valence-corrected chi connectivity index (χ3v) is 6.00. The molecule has 1 aliphatic rings. The summed E-state index contributed by atoms with van der Waals surface area (Å²) in [5, 5.41) is 17.9. The van der Waals surface area contributed by atoms with Gasteiger partial charge in [0.1, 0.15) is 5.69 Å². The smallest absolute Gasteiger partial charge is 0.256 e. The number of rotatable bonds is 6. The molecule has 4 aromatic rings. The van der Waals surface area contributed by atoms with Crippen molar-refractivity contribution >= 4 is 22.5 Å². The van der Waals surface area contributed by atoms with Crippen LogP contribution in [0.5, 0.6) is 0 Å². The number of carbonyl (C=O) groups excluding carboxylic acids is 1. The predicted molar refractivity (Wildman–Crippen MR) is 125 cm³/mol. The SMILES string of the molecule is COCC(C#N)CN1Cc2c(-c3ccc4[nH]nc(-c5cccnc5)c4c3)ccc(N)c2C1=O.